The van der Waals surface area contributed by atoms with Crippen molar-refractivity contribution in [3.05, 3.63) is 33.0 Å². The zero-order valence-electron chi connectivity index (χ0n) is 16.0. The number of amides is 2. The van der Waals surface area contributed by atoms with Crippen LogP contribution in [0, 0.1) is 11.8 Å². The molecule has 0 bridgehead atoms. The molecule has 3 saturated carbocycles. The number of rotatable bonds is 3. The fourth-order valence-electron chi connectivity index (χ4n) is 5.22. The highest BCUT2D eigenvalue weighted by Crippen LogP contribution is 2.53. The van der Waals surface area contributed by atoms with E-state index in [4.69, 9.17) is 11.6 Å². The molecule has 2 amide bonds. The first-order chi connectivity index (χ1) is 14.0. The molecule has 3 atom stereocenters. The molecule has 6 rings (SSSR count). The van der Waals surface area contributed by atoms with Crippen LogP contribution in [0.2, 0.25) is 5.02 Å². The van der Waals surface area contributed by atoms with Crippen LogP contribution in [0.1, 0.15) is 54.1 Å². The molecular weight excluding hydrogens is 456 g/mol. The number of hydrogen-bond acceptors (Lipinski definition) is 3. The van der Waals surface area contributed by atoms with Crippen LogP contribution in [0.5, 0.6) is 0 Å². The molecule has 1 aliphatic heterocycles. The maximum absolute atomic E-state index is 13.1. The van der Waals surface area contributed by atoms with Crippen LogP contribution >= 0.6 is 27.5 Å². The Bertz CT molecular complexity index is 1040. The molecular formula is C21H22BrClN4O2. The van der Waals surface area contributed by atoms with Crippen molar-refractivity contribution in [1.29, 1.82) is 0 Å². The molecule has 29 heavy (non-hydrogen) atoms. The van der Waals surface area contributed by atoms with Gasteiger partial charge in [0.25, 0.3) is 5.91 Å². The maximum Gasteiger partial charge on any atom is 0.276 e. The Morgan fingerprint density at radius 3 is 2.59 bits per heavy atom. The third kappa shape index (κ3) is 3.00. The molecule has 3 aliphatic carbocycles. The Morgan fingerprint density at radius 2 is 1.90 bits per heavy atom. The molecule has 2 aromatic heterocycles. The molecule has 0 aromatic carbocycles. The number of hydrogen-bond donors (Lipinski definition) is 0. The van der Waals surface area contributed by atoms with Crippen LogP contribution in [0.3, 0.4) is 0 Å². The number of aromatic nitrogens is 2. The van der Waals surface area contributed by atoms with Gasteiger partial charge in [-0.2, -0.15) is 5.10 Å². The topological polar surface area (TPSA) is 57.9 Å². The average Bonchev–Trinajstić information content (AvgIpc) is 3.62. The first-order valence-electron chi connectivity index (χ1n) is 10.5. The number of fused-ring (bicyclic) bond motifs is 2. The van der Waals surface area contributed by atoms with E-state index >= 15 is 0 Å². The Hall–Kier alpha value is -1.60. The average molecular weight is 478 g/mol. The van der Waals surface area contributed by atoms with E-state index in [0.29, 0.717) is 30.1 Å². The van der Waals surface area contributed by atoms with Crippen molar-refractivity contribution in [3.63, 3.8) is 0 Å². The summed E-state index contributed by atoms with van der Waals surface area (Å²) < 4.78 is 2.46. The van der Waals surface area contributed by atoms with Gasteiger partial charge < -0.3 is 9.80 Å². The summed E-state index contributed by atoms with van der Waals surface area (Å²) in [5.74, 6) is 2.04. The van der Waals surface area contributed by atoms with E-state index in [9.17, 15) is 9.59 Å². The number of carbonyl (C=O) groups is 2. The first-order valence-corrected chi connectivity index (χ1v) is 11.6. The number of carbonyl (C=O) groups excluding carboxylic acids is 2. The van der Waals surface area contributed by atoms with Gasteiger partial charge in [0, 0.05) is 19.1 Å². The predicted molar refractivity (Wildman–Crippen MR) is 112 cm³/mol. The van der Waals surface area contributed by atoms with E-state index < -0.39 is 0 Å². The second kappa shape index (κ2) is 6.45. The summed E-state index contributed by atoms with van der Waals surface area (Å²) in [4.78, 5) is 29.5. The largest absolute Gasteiger partial charge is 0.336 e. The number of piperazine rings is 1. The summed E-state index contributed by atoms with van der Waals surface area (Å²) in [5, 5.41) is 4.83. The van der Waals surface area contributed by atoms with Crippen LogP contribution in [0.15, 0.2) is 16.7 Å². The van der Waals surface area contributed by atoms with Gasteiger partial charge in [-0.25, -0.2) is 4.52 Å². The van der Waals surface area contributed by atoms with Gasteiger partial charge in [0.15, 0.2) is 5.69 Å². The number of nitrogens with zero attached hydrogens (tertiary/aromatic N) is 4. The molecule has 8 heteroatoms. The van der Waals surface area contributed by atoms with Gasteiger partial charge in [-0.15, -0.1) is 0 Å². The number of pyridine rings is 1. The Labute approximate surface area is 182 Å². The lowest BCUT2D eigenvalue weighted by Crippen LogP contribution is -2.55. The lowest BCUT2D eigenvalue weighted by molar-refractivity contribution is -0.137. The highest BCUT2D eigenvalue weighted by atomic mass is 79.9. The van der Waals surface area contributed by atoms with Crippen LogP contribution in [0.4, 0.5) is 0 Å². The van der Waals surface area contributed by atoms with Gasteiger partial charge in [0.05, 0.1) is 10.5 Å². The fourth-order valence-corrected chi connectivity index (χ4v) is 6.01. The van der Waals surface area contributed by atoms with Crippen LogP contribution in [0.25, 0.3) is 5.52 Å². The van der Waals surface area contributed by atoms with Gasteiger partial charge in [-0.3, -0.25) is 9.59 Å². The third-order valence-corrected chi connectivity index (χ3v) is 8.05. The molecule has 4 aliphatic rings. The summed E-state index contributed by atoms with van der Waals surface area (Å²) in [6.45, 7) is 1.26. The van der Waals surface area contributed by atoms with Crippen molar-refractivity contribution >= 4 is 44.9 Å². The van der Waals surface area contributed by atoms with E-state index in [-0.39, 0.29) is 24.1 Å². The van der Waals surface area contributed by atoms with Crippen molar-refractivity contribution in [1.82, 2.24) is 19.4 Å². The maximum atomic E-state index is 13.1. The summed E-state index contributed by atoms with van der Waals surface area (Å²) in [6.07, 6.45) is 6.00. The van der Waals surface area contributed by atoms with Gasteiger partial charge in [-0.05, 0) is 83.5 Å². The fraction of sp³-hybridized carbons (Fsp3) is 0.571. The van der Waals surface area contributed by atoms with E-state index in [2.05, 4.69) is 27.1 Å². The minimum Gasteiger partial charge on any atom is -0.336 e. The van der Waals surface area contributed by atoms with E-state index in [0.717, 1.165) is 34.8 Å². The predicted octanol–water partition coefficient (Wildman–Crippen LogP) is 3.71. The molecule has 152 valence electrons. The molecule has 0 radical (unpaired) electrons. The Balaban J connectivity index is 1.23. The second-order valence-electron chi connectivity index (χ2n) is 9.04. The number of halogens is 2. The standard InChI is InChI=1S/C21H22BrClN4O2/c22-17-9-14(11-1-2-11)8-16-19(23)20(24-27(16)17)21(29)25-3-4-26(18(28)10-25)15-6-12-5-13(12)7-15/h8-9,11-13,15H,1-7,10H2/t12-,13?,15?/m1/s1. The van der Waals surface area contributed by atoms with Gasteiger partial charge >= 0.3 is 0 Å². The molecule has 2 aromatic rings. The second-order valence-corrected chi connectivity index (χ2v) is 10.2. The molecule has 1 saturated heterocycles. The SMILES string of the molecule is O=C(c1nn2c(Br)cc(C3CC3)cc2c1Cl)N1CCN(C2CC3C[C@@H]3C2)C(=O)C1. The van der Waals surface area contributed by atoms with Crippen LogP contribution < -0.4 is 0 Å². The monoisotopic (exact) mass is 476 g/mol. The van der Waals surface area contributed by atoms with E-state index in [1.807, 2.05) is 11.0 Å². The molecule has 0 N–H and O–H groups in total. The van der Waals surface area contributed by atoms with Crippen LogP contribution in [-0.2, 0) is 4.79 Å². The van der Waals surface area contributed by atoms with Gasteiger partial charge in [0.2, 0.25) is 5.91 Å². The normalized spacial score (nSPS) is 28.9. The summed E-state index contributed by atoms with van der Waals surface area (Å²) in [7, 11) is 0. The molecule has 4 fully saturated rings. The quantitative estimate of drug-likeness (QED) is 0.633. The van der Waals surface area contributed by atoms with Crippen molar-refractivity contribution in [2.24, 2.45) is 11.8 Å². The minimum atomic E-state index is -0.263. The Kier molecular flexibility index (Phi) is 4.04. The van der Waals surface area contributed by atoms with Crippen molar-refractivity contribution in [2.75, 3.05) is 19.6 Å². The lowest BCUT2D eigenvalue weighted by Gasteiger charge is -2.38. The molecule has 6 nitrogen and oxygen atoms in total. The zero-order valence-corrected chi connectivity index (χ0v) is 18.3. The highest BCUT2D eigenvalue weighted by Gasteiger charge is 2.49. The van der Waals surface area contributed by atoms with Crippen molar-refractivity contribution in [3.8, 4) is 0 Å². The summed E-state index contributed by atoms with van der Waals surface area (Å²) >= 11 is 10.1. The minimum absolute atomic E-state index is 0.0491. The zero-order chi connectivity index (χ0) is 19.9. The van der Waals surface area contributed by atoms with Crippen LogP contribution in [-0.4, -0.2) is 56.9 Å². The van der Waals surface area contributed by atoms with E-state index in [1.54, 1.807) is 9.42 Å². The summed E-state index contributed by atoms with van der Waals surface area (Å²) in [6, 6.07) is 4.46. The summed E-state index contributed by atoms with van der Waals surface area (Å²) in [5.41, 5.74) is 2.19. The molecule has 3 heterocycles. The van der Waals surface area contributed by atoms with E-state index in [1.165, 1.54) is 24.8 Å². The Morgan fingerprint density at radius 1 is 1.14 bits per heavy atom. The third-order valence-electron chi connectivity index (χ3n) is 7.11. The van der Waals surface area contributed by atoms with Gasteiger partial charge in [-0.1, -0.05) is 11.6 Å². The molecule has 2 unspecified atom stereocenters. The molecule has 0 spiro atoms. The van der Waals surface area contributed by atoms with Gasteiger partial charge in [0.1, 0.15) is 11.1 Å². The first kappa shape index (κ1) is 18.2. The highest BCUT2D eigenvalue weighted by molar-refractivity contribution is 9.10. The van der Waals surface area contributed by atoms with Crippen molar-refractivity contribution < 1.29 is 9.59 Å². The van der Waals surface area contributed by atoms with Crippen molar-refractivity contribution in [2.45, 2.75) is 44.1 Å². The lowest BCUT2D eigenvalue weighted by atomic mass is 10.1. The smallest absolute Gasteiger partial charge is 0.276 e.